The van der Waals surface area contributed by atoms with E-state index in [1.807, 2.05) is 0 Å². The molecule has 174 valence electrons. The number of halogens is 1. The van der Waals surface area contributed by atoms with Gasteiger partial charge in [-0.05, 0) is 42.5 Å². The number of hydrogen-bond donors (Lipinski definition) is 1. The Kier molecular flexibility index (Phi) is 7.83. The van der Waals surface area contributed by atoms with E-state index in [-0.39, 0.29) is 10.6 Å². The van der Waals surface area contributed by atoms with E-state index in [2.05, 4.69) is 21.2 Å². The fourth-order valence-corrected chi connectivity index (χ4v) is 5.23. The number of carbonyl (C=O) groups excluding carboxylic acids is 1. The summed E-state index contributed by atoms with van der Waals surface area (Å²) in [5, 5.41) is 2.71. The number of hydrogen-bond acceptors (Lipinski definition) is 6. The minimum absolute atomic E-state index is 0.0741. The number of nitrogens with one attached hydrogen (secondary N) is 1. The van der Waals surface area contributed by atoms with Crippen LogP contribution in [0.25, 0.3) is 0 Å². The van der Waals surface area contributed by atoms with Crippen LogP contribution in [-0.2, 0) is 14.8 Å². The molecule has 0 bridgehead atoms. The van der Waals surface area contributed by atoms with Gasteiger partial charge in [-0.15, -0.1) is 0 Å². The lowest BCUT2D eigenvalue weighted by atomic mass is 10.2. The summed E-state index contributed by atoms with van der Waals surface area (Å²) in [5.41, 5.74) is 0.680. The van der Waals surface area contributed by atoms with Crippen molar-refractivity contribution in [2.45, 2.75) is 4.90 Å². The van der Waals surface area contributed by atoms with Crippen LogP contribution in [0.5, 0.6) is 17.2 Å². The molecule has 0 spiro atoms. The van der Waals surface area contributed by atoms with Crippen molar-refractivity contribution >= 4 is 43.2 Å². The van der Waals surface area contributed by atoms with E-state index in [1.165, 1.54) is 27.4 Å². The Morgan fingerprint density at radius 1 is 0.909 bits per heavy atom. The largest absolute Gasteiger partial charge is 0.497 e. The van der Waals surface area contributed by atoms with Crippen LogP contribution in [0.4, 0.5) is 11.4 Å². The normalized spacial score (nSPS) is 10.9. The van der Waals surface area contributed by atoms with Crippen molar-refractivity contribution in [3.8, 4) is 17.2 Å². The summed E-state index contributed by atoms with van der Waals surface area (Å²) in [6, 6.07) is 18.0. The third kappa shape index (κ3) is 5.58. The molecule has 3 aromatic carbocycles. The van der Waals surface area contributed by atoms with E-state index in [9.17, 15) is 13.2 Å². The van der Waals surface area contributed by atoms with Crippen LogP contribution < -0.4 is 23.8 Å². The summed E-state index contributed by atoms with van der Waals surface area (Å²) in [6.07, 6.45) is 0. The Balaban J connectivity index is 2.00. The molecule has 0 aliphatic heterocycles. The minimum Gasteiger partial charge on any atom is -0.497 e. The molecule has 3 aromatic rings. The molecule has 0 saturated heterocycles. The number of nitrogens with zero attached hydrogens (tertiary/aromatic N) is 1. The molecule has 0 atom stereocenters. The molecule has 1 amide bonds. The molecule has 10 heteroatoms. The van der Waals surface area contributed by atoms with Crippen LogP contribution in [0.2, 0.25) is 0 Å². The highest BCUT2D eigenvalue weighted by molar-refractivity contribution is 9.10. The van der Waals surface area contributed by atoms with Crippen molar-refractivity contribution in [2.75, 3.05) is 37.5 Å². The third-order valence-corrected chi connectivity index (χ3v) is 6.99. The van der Waals surface area contributed by atoms with Crippen molar-refractivity contribution in [2.24, 2.45) is 0 Å². The first kappa shape index (κ1) is 24.4. The maximum atomic E-state index is 13.7. The number of amides is 1. The Hall–Kier alpha value is -3.24. The molecule has 0 unspecified atom stereocenters. The van der Waals surface area contributed by atoms with Gasteiger partial charge in [0.2, 0.25) is 5.91 Å². The highest BCUT2D eigenvalue weighted by Crippen LogP contribution is 2.33. The van der Waals surface area contributed by atoms with E-state index >= 15 is 0 Å². The van der Waals surface area contributed by atoms with E-state index < -0.39 is 22.5 Å². The second kappa shape index (κ2) is 10.6. The molecule has 8 nitrogen and oxygen atoms in total. The maximum Gasteiger partial charge on any atom is 0.268 e. The highest BCUT2D eigenvalue weighted by atomic mass is 79.9. The van der Waals surface area contributed by atoms with Crippen LogP contribution in [0.15, 0.2) is 76.1 Å². The van der Waals surface area contributed by atoms with Gasteiger partial charge in [-0.1, -0.05) is 34.1 Å². The predicted octanol–water partition coefficient (Wildman–Crippen LogP) is 4.31. The molecule has 0 heterocycles. The van der Waals surface area contributed by atoms with Crippen molar-refractivity contribution in [1.29, 1.82) is 0 Å². The first-order valence-electron chi connectivity index (χ1n) is 9.73. The topological polar surface area (TPSA) is 94.2 Å². The number of para-hydroxylation sites is 1. The summed E-state index contributed by atoms with van der Waals surface area (Å²) in [5.74, 6) is 0.515. The molecule has 1 N–H and O–H groups in total. The standard InChI is InChI=1S/C23H23BrN2O6S/c1-30-18-10-12-20(31-2)19(14-18)25-23(27)15-26(17-7-5-4-6-8-17)33(28,29)22-13-16(24)9-11-21(22)32-3/h4-14H,15H2,1-3H3,(H,25,27). The summed E-state index contributed by atoms with van der Waals surface area (Å²) in [7, 11) is 0.185. The molecule has 0 saturated carbocycles. The average molecular weight is 535 g/mol. The number of anilines is 2. The van der Waals surface area contributed by atoms with Gasteiger partial charge >= 0.3 is 0 Å². The van der Waals surface area contributed by atoms with E-state index in [0.717, 1.165) is 4.31 Å². The number of carbonyl (C=O) groups is 1. The number of methoxy groups -OCH3 is 3. The Morgan fingerprint density at radius 3 is 2.21 bits per heavy atom. The monoisotopic (exact) mass is 534 g/mol. The van der Waals surface area contributed by atoms with E-state index in [1.54, 1.807) is 60.7 Å². The van der Waals surface area contributed by atoms with Gasteiger partial charge in [-0.2, -0.15) is 0 Å². The Bertz CT molecular complexity index is 1230. The van der Waals surface area contributed by atoms with Gasteiger partial charge in [0.1, 0.15) is 28.7 Å². The first-order valence-corrected chi connectivity index (χ1v) is 12.0. The van der Waals surface area contributed by atoms with Gasteiger partial charge in [-0.25, -0.2) is 8.42 Å². The van der Waals surface area contributed by atoms with Crippen molar-refractivity contribution in [3.63, 3.8) is 0 Å². The van der Waals surface area contributed by atoms with Gasteiger partial charge in [-0.3, -0.25) is 9.10 Å². The van der Waals surface area contributed by atoms with Gasteiger partial charge in [0.25, 0.3) is 10.0 Å². The van der Waals surface area contributed by atoms with Gasteiger partial charge in [0, 0.05) is 10.5 Å². The molecule has 0 aromatic heterocycles. The van der Waals surface area contributed by atoms with E-state index in [4.69, 9.17) is 14.2 Å². The molecule has 0 radical (unpaired) electrons. The smallest absolute Gasteiger partial charge is 0.268 e. The second-order valence-corrected chi connectivity index (χ2v) is 9.50. The average Bonchev–Trinajstić information content (AvgIpc) is 2.82. The summed E-state index contributed by atoms with van der Waals surface area (Å²) in [4.78, 5) is 12.9. The highest BCUT2D eigenvalue weighted by Gasteiger charge is 2.30. The summed E-state index contributed by atoms with van der Waals surface area (Å²) < 4.78 is 44.7. The second-order valence-electron chi connectivity index (χ2n) is 6.76. The quantitative estimate of drug-likeness (QED) is 0.439. The predicted molar refractivity (Wildman–Crippen MR) is 130 cm³/mol. The number of sulfonamides is 1. The minimum atomic E-state index is -4.17. The zero-order valence-corrected chi connectivity index (χ0v) is 20.6. The lowest BCUT2D eigenvalue weighted by molar-refractivity contribution is -0.114. The van der Waals surface area contributed by atoms with Crippen LogP contribution in [0, 0.1) is 0 Å². The number of benzene rings is 3. The molecule has 0 fully saturated rings. The zero-order valence-electron chi connectivity index (χ0n) is 18.2. The zero-order chi connectivity index (χ0) is 24.0. The lowest BCUT2D eigenvalue weighted by Gasteiger charge is -2.25. The van der Waals surface area contributed by atoms with Crippen LogP contribution in [0.1, 0.15) is 0 Å². The van der Waals surface area contributed by atoms with Crippen molar-refractivity contribution in [1.82, 2.24) is 0 Å². The van der Waals surface area contributed by atoms with Crippen molar-refractivity contribution < 1.29 is 27.4 Å². The maximum absolute atomic E-state index is 13.7. The fraction of sp³-hybridized carbons (Fsp3) is 0.174. The third-order valence-electron chi connectivity index (χ3n) is 4.71. The van der Waals surface area contributed by atoms with Crippen LogP contribution >= 0.6 is 15.9 Å². The lowest BCUT2D eigenvalue weighted by Crippen LogP contribution is -2.38. The first-order chi connectivity index (χ1) is 15.8. The SMILES string of the molecule is COc1ccc(OC)c(NC(=O)CN(c2ccccc2)S(=O)(=O)c2cc(Br)ccc2OC)c1. The van der Waals surface area contributed by atoms with Crippen LogP contribution in [-0.4, -0.2) is 42.2 Å². The molecular formula is C23H23BrN2O6S. The van der Waals surface area contributed by atoms with Gasteiger partial charge in [0.05, 0.1) is 32.7 Å². The van der Waals surface area contributed by atoms with Crippen LogP contribution in [0.3, 0.4) is 0 Å². The molecule has 0 aliphatic carbocycles. The molecular weight excluding hydrogens is 512 g/mol. The van der Waals surface area contributed by atoms with Crippen molar-refractivity contribution in [3.05, 3.63) is 71.2 Å². The fourth-order valence-electron chi connectivity index (χ4n) is 3.11. The van der Waals surface area contributed by atoms with Gasteiger partial charge < -0.3 is 19.5 Å². The molecule has 0 aliphatic rings. The van der Waals surface area contributed by atoms with Gasteiger partial charge in [0.15, 0.2) is 0 Å². The Morgan fingerprint density at radius 2 is 1.58 bits per heavy atom. The molecule has 3 rings (SSSR count). The number of ether oxygens (including phenoxy) is 3. The summed E-state index contributed by atoms with van der Waals surface area (Å²) in [6.45, 7) is -0.484. The molecule has 33 heavy (non-hydrogen) atoms. The summed E-state index contributed by atoms with van der Waals surface area (Å²) >= 11 is 3.30. The van der Waals surface area contributed by atoms with E-state index in [0.29, 0.717) is 27.3 Å². The Labute approximate surface area is 201 Å². The number of rotatable bonds is 9.